The molecule has 2 rings (SSSR count). The second-order valence-electron chi connectivity index (χ2n) is 3.47. The standard InChI is InChI=1S/C10H10ClN3S/c1-6(2)10-12-8(5-15-10)7-3-4-9(11)14-13-7/h3-6H,1-2H3. The van der Waals surface area contributed by atoms with E-state index in [1.807, 2.05) is 11.4 Å². The van der Waals surface area contributed by atoms with E-state index in [-0.39, 0.29) is 0 Å². The van der Waals surface area contributed by atoms with E-state index in [9.17, 15) is 0 Å². The van der Waals surface area contributed by atoms with Crippen LogP contribution in [0.5, 0.6) is 0 Å². The summed E-state index contributed by atoms with van der Waals surface area (Å²) in [6, 6.07) is 3.55. The van der Waals surface area contributed by atoms with Gasteiger partial charge in [-0.05, 0) is 12.1 Å². The van der Waals surface area contributed by atoms with Gasteiger partial charge in [-0.3, -0.25) is 0 Å². The van der Waals surface area contributed by atoms with E-state index < -0.39 is 0 Å². The summed E-state index contributed by atoms with van der Waals surface area (Å²) in [4.78, 5) is 4.48. The zero-order valence-corrected chi connectivity index (χ0v) is 10.0. The van der Waals surface area contributed by atoms with E-state index in [1.54, 1.807) is 17.4 Å². The summed E-state index contributed by atoms with van der Waals surface area (Å²) >= 11 is 7.31. The molecule has 0 radical (unpaired) electrons. The van der Waals surface area contributed by atoms with Crippen LogP contribution in [0.2, 0.25) is 5.15 Å². The maximum atomic E-state index is 5.66. The number of halogens is 1. The third kappa shape index (κ3) is 2.33. The highest BCUT2D eigenvalue weighted by Gasteiger charge is 2.08. The Hall–Kier alpha value is -1.00. The molecule has 0 aromatic carbocycles. The number of aromatic nitrogens is 3. The molecule has 0 atom stereocenters. The van der Waals surface area contributed by atoms with Crippen LogP contribution < -0.4 is 0 Å². The third-order valence-electron chi connectivity index (χ3n) is 1.91. The molecule has 0 saturated heterocycles. The minimum absolute atomic E-state index is 0.401. The van der Waals surface area contributed by atoms with E-state index in [2.05, 4.69) is 29.0 Å². The van der Waals surface area contributed by atoms with E-state index in [1.165, 1.54) is 0 Å². The first-order valence-electron chi connectivity index (χ1n) is 4.62. The molecule has 3 nitrogen and oxygen atoms in total. The van der Waals surface area contributed by atoms with Crippen molar-refractivity contribution in [1.29, 1.82) is 0 Å². The first kappa shape index (κ1) is 10.5. The summed E-state index contributed by atoms with van der Waals surface area (Å²) in [7, 11) is 0. The first-order valence-corrected chi connectivity index (χ1v) is 5.87. The smallest absolute Gasteiger partial charge is 0.151 e. The zero-order chi connectivity index (χ0) is 10.8. The van der Waals surface area contributed by atoms with E-state index in [0.717, 1.165) is 16.4 Å². The van der Waals surface area contributed by atoms with Crippen molar-refractivity contribution >= 4 is 22.9 Å². The molecule has 0 aliphatic rings. The monoisotopic (exact) mass is 239 g/mol. The molecule has 0 aliphatic carbocycles. The highest BCUT2D eigenvalue weighted by atomic mass is 35.5. The van der Waals surface area contributed by atoms with Crippen LogP contribution in [0.15, 0.2) is 17.5 Å². The van der Waals surface area contributed by atoms with Crippen LogP contribution in [0.25, 0.3) is 11.4 Å². The molecule has 0 aliphatic heterocycles. The fourth-order valence-electron chi connectivity index (χ4n) is 1.12. The molecule has 78 valence electrons. The van der Waals surface area contributed by atoms with Gasteiger partial charge in [0.05, 0.1) is 5.01 Å². The number of thiazole rings is 1. The van der Waals surface area contributed by atoms with Gasteiger partial charge in [-0.25, -0.2) is 4.98 Å². The van der Waals surface area contributed by atoms with Crippen LogP contribution in [0.4, 0.5) is 0 Å². The predicted molar refractivity (Wildman–Crippen MR) is 62.2 cm³/mol. The Labute approximate surface area is 97.2 Å². The van der Waals surface area contributed by atoms with Crippen LogP contribution in [0.1, 0.15) is 24.8 Å². The zero-order valence-electron chi connectivity index (χ0n) is 8.44. The van der Waals surface area contributed by atoms with Crippen molar-refractivity contribution in [3.05, 3.63) is 27.7 Å². The second-order valence-corrected chi connectivity index (χ2v) is 4.74. The Morgan fingerprint density at radius 3 is 2.53 bits per heavy atom. The molecular weight excluding hydrogens is 230 g/mol. The number of hydrogen-bond donors (Lipinski definition) is 0. The first-order chi connectivity index (χ1) is 7.16. The molecule has 5 heteroatoms. The summed E-state index contributed by atoms with van der Waals surface area (Å²) in [6.07, 6.45) is 0. The summed E-state index contributed by atoms with van der Waals surface area (Å²) in [5.41, 5.74) is 1.63. The van der Waals surface area contributed by atoms with Gasteiger partial charge in [-0.2, -0.15) is 0 Å². The SMILES string of the molecule is CC(C)c1nc(-c2ccc(Cl)nn2)cs1. The molecule has 0 N–H and O–H groups in total. The van der Waals surface area contributed by atoms with Crippen molar-refractivity contribution in [2.45, 2.75) is 19.8 Å². The molecule has 0 saturated carbocycles. The molecule has 0 bridgehead atoms. The molecule has 0 spiro atoms. The Balaban J connectivity index is 2.33. The lowest BCUT2D eigenvalue weighted by Gasteiger charge is -1.97. The van der Waals surface area contributed by atoms with Gasteiger partial charge < -0.3 is 0 Å². The quantitative estimate of drug-likeness (QED) is 0.807. The lowest BCUT2D eigenvalue weighted by molar-refractivity contribution is 0.852. The summed E-state index contributed by atoms with van der Waals surface area (Å²) in [5, 5.41) is 11.3. The van der Waals surface area contributed by atoms with Gasteiger partial charge in [0, 0.05) is 11.3 Å². The van der Waals surface area contributed by atoms with Gasteiger partial charge >= 0.3 is 0 Å². The number of nitrogens with zero attached hydrogens (tertiary/aromatic N) is 3. The Morgan fingerprint density at radius 1 is 1.20 bits per heavy atom. The molecule has 2 aromatic rings. The van der Waals surface area contributed by atoms with Gasteiger partial charge in [0.15, 0.2) is 5.15 Å². The fourth-order valence-corrected chi connectivity index (χ4v) is 2.05. The van der Waals surface area contributed by atoms with Crippen molar-refractivity contribution in [3.63, 3.8) is 0 Å². The fraction of sp³-hybridized carbons (Fsp3) is 0.300. The maximum Gasteiger partial charge on any atom is 0.151 e. The number of hydrogen-bond acceptors (Lipinski definition) is 4. The summed E-state index contributed by atoms with van der Waals surface area (Å²) in [6.45, 7) is 4.24. The van der Waals surface area contributed by atoms with Crippen LogP contribution in [-0.4, -0.2) is 15.2 Å². The van der Waals surface area contributed by atoms with Gasteiger partial charge in [0.25, 0.3) is 0 Å². The van der Waals surface area contributed by atoms with Crippen LogP contribution in [-0.2, 0) is 0 Å². The molecule has 0 amide bonds. The van der Waals surface area contributed by atoms with Crippen molar-refractivity contribution in [3.8, 4) is 11.4 Å². The van der Waals surface area contributed by atoms with E-state index in [0.29, 0.717) is 11.1 Å². The Kier molecular flexibility index (Phi) is 2.98. The highest BCUT2D eigenvalue weighted by molar-refractivity contribution is 7.10. The molecule has 2 heterocycles. The van der Waals surface area contributed by atoms with E-state index >= 15 is 0 Å². The van der Waals surface area contributed by atoms with Crippen molar-refractivity contribution in [2.24, 2.45) is 0 Å². The second kappa shape index (κ2) is 4.24. The minimum atomic E-state index is 0.401. The van der Waals surface area contributed by atoms with Crippen molar-refractivity contribution in [2.75, 3.05) is 0 Å². The number of rotatable bonds is 2. The highest BCUT2D eigenvalue weighted by Crippen LogP contribution is 2.24. The minimum Gasteiger partial charge on any atom is -0.239 e. The summed E-state index contributed by atoms with van der Waals surface area (Å²) in [5.74, 6) is 0.448. The van der Waals surface area contributed by atoms with Crippen molar-refractivity contribution < 1.29 is 0 Å². The predicted octanol–water partition coefficient (Wildman–Crippen LogP) is 3.38. The topological polar surface area (TPSA) is 38.7 Å². The lowest BCUT2D eigenvalue weighted by atomic mass is 10.2. The summed E-state index contributed by atoms with van der Waals surface area (Å²) < 4.78 is 0. The molecule has 0 fully saturated rings. The van der Waals surface area contributed by atoms with Crippen LogP contribution in [0, 0.1) is 0 Å². The van der Waals surface area contributed by atoms with Crippen molar-refractivity contribution in [1.82, 2.24) is 15.2 Å². The van der Waals surface area contributed by atoms with Crippen LogP contribution in [0.3, 0.4) is 0 Å². The molecule has 2 aromatic heterocycles. The third-order valence-corrected chi connectivity index (χ3v) is 3.26. The van der Waals surface area contributed by atoms with Crippen LogP contribution >= 0.6 is 22.9 Å². The molecular formula is C10H10ClN3S. The molecule has 15 heavy (non-hydrogen) atoms. The van der Waals surface area contributed by atoms with Gasteiger partial charge in [0.1, 0.15) is 11.4 Å². The van der Waals surface area contributed by atoms with Gasteiger partial charge in [-0.1, -0.05) is 25.4 Å². The average molecular weight is 240 g/mol. The van der Waals surface area contributed by atoms with Gasteiger partial charge in [-0.15, -0.1) is 21.5 Å². The lowest BCUT2D eigenvalue weighted by Crippen LogP contribution is -1.89. The molecule has 0 unspecified atom stereocenters. The maximum absolute atomic E-state index is 5.66. The Morgan fingerprint density at radius 2 is 2.00 bits per heavy atom. The van der Waals surface area contributed by atoms with Gasteiger partial charge in [0.2, 0.25) is 0 Å². The average Bonchev–Trinajstić information content (AvgIpc) is 2.68. The normalized spacial score (nSPS) is 10.9. The largest absolute Gasteiger partial charge is 0.239 e. The Bertz CT molecular complexity index is 450. The van der Waals surface area contributed by atoms with E-state index in [4.69, 9.17) is 11.6 Å².